The van der Waals surface area contributed by atoms with Gasteiger partial charge in [0.25, 0.3) is 10.0 Å². The summed E-state index contributed by atoms with van der Waals surface area (Å²) in [6.45, 7) is 0.991. The number of fused-ring (bicyclic) bond motifs is 1. The Labute approximate surface area is 174 Å². The third-order valence-electron chi connectivity index (χ3n) is 5.32. The monoisotopic (exact) mass is 428 g/mol. The summed E-state index contributed by atoms with van der Waals surface area (Å²) in [5.74, 6) is -1.83. The molecule has 8 heteroatoms. The predicted octanol–water partition coefficient (Wildman–Crippen LogP) is 3.73. The van der Waals surface area contributed by atoms with E-state index in [0.717, 1.165) is 31.7 Å². The third-order valence-corrected chi connectivity index (χ3v) is 6.74. The van der Waals surface area contributed by atoms with Crippen LogP contribution in [-0.4, -0.2) is 38.0 Å². The van der Waals surface area contributed by atoms with E-state index >= 15 is 0 Å². The minimum Gasteiger partial charge on any atom is -0.367 e. The van der Waals surface area contributed by atoms with Crippen molar-refractivity contribution in [3.8, 4) is 0 Å². The molecule has 1 aliphatic heterocycles. The molecule has 0 amide bonds. The first-order chi connectivity index (χ1) is 14.4. The molecule has 0 radical (unpaired) electrons. The lowest BCUT2D eigenvalue weighted by molar-refractivity contribution is 0.0947. The highest BCUT2D eigenvalue weighted by molar-refractivity contribution is 7.97. The van der Waals surface area contributed by atoms with Crippen molar-refractivity contribution in [1.29, 1.82) is 0 Å². The Morgan fingerprint density at radius 2 is 1.47 bits per heavy atom. The van der Waals surface area contributed by atoms with E-state index in [2.05, 4.69) is 4.72 Å². The highest BCUT2D eigenvalue weighted by Gasteiger charge is 2.41. The number of hydrogen-bond donors (Lipinski definition) is 1. The van der Waals surface area contributed by atoms with Crippen molar-refractivity contribution >= 4 is 27.3 Å². The second kappa shape index (κ2) is 8.02. The Morgan fingerprint density at radius 3 is 2.10 bits per heavy atom. The maximum absolute atomic E-state index is 13.6. The minimum absolute atomic E-state index is 0.0168. The van der Waals surface area contributed by atoms with Gasteiger partial charge in [0.2, 0.25) is 11.6 Å². The number of sulfonamides is 1. The number of nitrogens with zero attached hydrogens (tertiary/aromatic N) is 1. The molecule has 0 atom stereocenters. The fraction of sp³-hybridized carbons (Fsp3) is 0.273. The molecule has 4 rings (SSSR count). The second-order valence-electron chi connectivity index (χ2n) is 7.40. The zero-order chi connectivity index (χ0) is 21.3. The Kier molecular flexibility index (Phi) is 5.42. The Bertz CT molecular complexity index is 1150. The second-order valence-corrected chi connectivity index (χ2v) is 9.02. The van der Waals surface area contributed by atoms with E-state index in [1.807, 2.05) is 0 Å². The van der Waals surface area contributed by atoms with Gasteiger partial charge in [-0.15, -0.1) is 0 Å². The summed E-state index contributed by atoms with van der Waals surface area (Å²) in [5, 5.41) is 0. The molecule has 0 spiro atoms. The van der Waals surface area contributed by atoms with Crippen LogP contribution >= 0.6 is 0 Å². The van der Waals surface area contributed by atoms with Gasteiger partial charge in [0.1, 0.15) is 11.5 Å². The lowest BCUT2D eigenvalue weighted by Gasteiger charge is -2.30. The number of carbonyl (C=O) groups excluding carboxylic acids is 2. The van der Waals surface area contributed by atoms with Gasteiger partial charge in [-0.3, -0.25) is 14.3 Å². The molecule has 1 saturated heterocycles. The Morgan fingerprint density at radius 1 is 0.833 bits per heavy atom. The fourth-order valence-electron chi connectivity index (χ4n) is 3.93. The first kappa shape index (κ1) is 20.3. The molecule has 0 aromatic heterocycles. The van der Waals surface area contributed by atoms with E-state index in [9.17, 15) is 22.4 Å². The van der Waals surface area contributed by atoms with Crippen LogP contribution < -0.4 is 4.72 Å². The van der Waals surface area contributed by atoms with Crippen molar-refractivity contribution in [3.05, 3.63) is 76.1 Å². The maximum atomic E-state index is 13.6. The highest BCUT2D eigenvalue weighted by Crippen LogP contribution is 2.33. The summed E-state index contributed by atoms with van der Waals surface area (Å²) < 4.78 is 42.4. The van der Waals surface area contributed by atoms with Crippen LogP contribution in [0.15, 0.2) is 59.1 Å². The number of hydrogen-bond acceptors (Lipinski definition) is 5. The molecular formula is C22H21FN2O4S. The summed E-state index contributed by atoms with van der Waals surface area (Å²) in [4.78, 5) is 27.7. The quantitative estimate of drug-likeness (QED) is 0.802. The van der Waals surface area contributed by atoms with Crippen molar-refractivity contribution in [2.24, 2.45) is 0 Å². The molecule has 0 bridgehead atoms. The van der Waals surface area contributed by atoms with Gasteiger partial charge in [-0.2, -0.15) is 0 Å². The van der Waals surface area contributed by atoms with Crippen LogP contribution in [0.25, 0.3) is 0 Å². The van der Waals surface area contributed by atoms with Crippen molar-refractivity contribution in [2.45, 2.75) is 25.7 Å². The van der Waals surface area contributed by atoms with E-state index in [4.69, 9.17) is 0 Å². The van der Waals surface area contributed by atoms with Gasteiger partial charge in [-0.1, -0.05) is 43.2 Å². The average molecular weight is 428 g/mol. The van der Waals surface area contributed by atoms with Crippen LogP contribution in [0.1, 0.15) is 46.4 Å². The van der Waals surface area contributed by atoms with Gasteiger partial charge in [-0.25, -0.2) is 12.8 Å². The molecule has 1 N–H and O–H groups in total. The number of halogens is 1. The van der Waals surface area contributed by atoms with Gasteiger partial charge in [-0.05, 0) is 31.0 Å². The average Bonchev–Trinajstić information content (AvgIpc) is 2.99. The zero-order valence-electron chi connectivity index (χ0n) is 16.2. The number of benzene rings is 2. The molecule has 1 fully saturated rings. The molecule has 2 aromatic carbocycles. The Hall–Kier alpha value is -3.00. The summed E-state index contributed by atoms with van der Waals surface area (Å²) in [6, 6.07) is 11.2. The number of Topliss-reactive ketones (excluding diaryl/α,β-unsaturated/α-hetero) is 2. The lowest BCUT2D eigenvalue weighted by Crippen LogP contribution is -2.38. The van der Waals surface area contributed by atoms with Gasteiger partial charge >= 0.3 is 0 Å². The largest absolute Gasteiger partial charge is 0.367 e. The van der Waals surface area contributed by atoms with E-state index in [1.54, 1.807) is 17.0 Å². The number of ketones is 2. The van der Waals surface area contributed by atoms with E-state index in [-0.39, 0.29) is 22.5 Å². The molecule has 1 aliphatic carbocycles. The van der Waals surface area contributed by atoms with E-state index in [1.165, 1.54) is 30.3 Å². The number of rotatable bonds is 4. The van der Waals surface area contributed by atoms with Crippen LogP contribution in [0, 0.1) is 5.82 Å². The van der Waals surface area contributed by atoms with E-state index < -0.39 is 32.3 Å². The van der Waals surface area contributed by atoms with Gasteiger partial charge < -0.3 is 4.90 Å². The molecule has 0 unspecified atom stereocenters. The summed E-state index contributed by atoms with van der Waals surface area (Å²) >= 11 is 0. The number of anilines is 1. The van der Waals surface area contributed by atoms with Crippen LogP contribution in [0.3, 0.4) is 0 Å². The van der Waals surface area contributed by atoms with Crippen molar-refractivity contribution in [1.82, 2.24) is 4.90 Å². The number of likely N-dealkylation sites (tertiary alicyclic amines) is 1. The summed E-state index contributed by atoms with van der Waals surface area (Å²) in [7, 11) is -4.44. The third kappa shape index (κ3) is 3.75. The SMILES string of the molecule is O=C1C(N2CCCCCC2)=C(S(=O)(=O)Nc2cccc(F)c2)C(=O)c2ccccc21. The minimum atomic E-state index is -4.44. The predicted molar refractivity (Wildman–Crippen MR) is 111 cm³/mol. The molecular weight excluding hydrogens is 407 g/mol. The van der Waals surface area contributed by atoms with Crippen LogP contribution in [-0.2, 0) is 10.0 Å². The van der Waals surface area contributed by atoms with Crippen LogP contribution in [0.5, 0.6) is 0 Å². The van der Waals surface area contributed by atoms with Crippen molar-refractivity contribution in [3.63, 3.8) is 0 Å². The van der Waals surface area contributed by atoms with Crippen molar-refractivity contribution < 1.29 is 22.4 Å². The summed E-state index contributed by atoms with van der Waals surface area (Å²) in [5.41, 5.74) is 0.147. The molecule has 0 saturated carbocycles. The number of carbonyl (C=O) groups is 2. The molecule has 156 valence electrons. The smallest absolute Gasteiger partial charge is 0.268 e. The van der Waals surface area contributed by atoms with Crippen LogP contribution in [0.4, 0.5) is 10.1 Å². The standard InChI is InChI=1S/C22H21FN2O4S/c23-15-8-7-9-16(14-15)24-30(28,29)22-19(25-12-5-1-2-6-13-25)20(26)17-10-3-4-11-18(17)21(22)27/h3-4,7-11,14,24H,1-2,5-6,12-13H2. The first-order valence-corrected chi connectivity index (χ1v) is 11.3. The van der Waals surface area contributed by atoms with Gasteiger partial charge in [0, 0.05) is 24.2 Å². The first-order valence-electron chi connectivity index (χ1n) is 9.84. The molecule has 6 nitrogen and oxygen atoms in total. The molecule has 1 heterocycles. The zero-order valence-corrected chi connectivity index (χ0v) is 17.0. The molecule has 2 aromatic rings. The van der Waals surface area contributed by atoms with Crippen LogP contribution in [0.2, 0.25) is 0 Å². The topological polar surface area (TPSA) is 83.6 Å². The Balaban J connectivity index is 1.87. The normalized spacial score (nSPS) is 17.6. The molecule has 2 aliphatic rings. The number of nitrogens with one attached hydrogen (secondary N) is 1. The highest BCUT2D eigenvalue weighted by atomic mass is 32.2. The van der Waals surface area contributed by atoms with Gasteiger partial charge in [0.05, 0.1) is 5.69 Å². The van der Waals surface area contributed by atoms with Gasteiger partial charge in [0.15, 0.2) is 4.91 Å². The summed E-state index contributed by atoms with van der Waals surface area (Å²) in [6.07, 6.45) is 3.56. The lowest BCUT2D eigenvalue weighted by atomic mass is 9.91. The maximum Gasteiger partial charge on any atom is 0.268 e. The van der Waals surface area contributed by atoms with E-state index in [0.29, 0.717) is 13.1 Å². The molecule has 30 heavy (non-hydrogen) atoms. The fourth-order valence-corrected chi connectivity index (χ4v) is 5.30. The number of allylic oxidation sites excluding steroid dienone is 2. The van der Waals surface area contributed by atoms with Crippen molar-refractivity contribution in [2.75, 3.05) is 17.8 Å².